The van der Waals surface area contributed by atoms with Gasteiger partial charge in [-0.05, 0) is 65.4 Å². The van der Waals surface area contributed by atoms with Crippen molar-refractivity contribution in [1.29, 1.82) is 0 Å². The fourth-order valence-electron chi connectivity index (χ4n) is 3.15. The number of imide groups is 1. The Bertz CT molecular complexity index is 1320. The minimum Gasteiger partial charge on any atom is -0.486 e. The molecule has 1 fully saturated rings. The van der Waals surface area contributed by atoms with Crippen LogP contribution in [0.5, 0.6) is 5.75 Å². The van der Waals surface area contributed by atoms with Crippen LogP contribution in [0.2, 0.25) is 10.0 Å². The van der Waals surface area contributed by atoms with E-state index in [1.165, 1.54) is 25.3 Å². The molecule has 2 aromatic carbocycles. The van der Waals surface area contributed by atoms with Gasteiger partial charge >= 0.3 is 5.97 Å². The number of furan rings is 1. The molecule has 0 radical (unpaired) electrons. The van der Waals surface area contributed by atoms with Crippen LogP contribution >= 0.6 is 50.9 Å². The van der Waals surface area contributed by atoms with Crippen molar-refractivity contribution in [3.05, 3.63) is 90.6 Å². The Hall–Kier alpha value is -2.72. The molecule has 11 heteroatoms. The highest BCUT2D eigenvalue weighted by Crippen LogP contribution is 2.38. The van der Waals surface area contributed by atoms with E-state index in [4.69, 9.17) is 32.4 Å². The van der Waals surface area contributed by atoms with Crippen LogP contribution in [0, 0.1) is 0 Å². The number of halogens is 3. The lowest BCUT2D eigenvalue weighted by molar-refractivity contribution is -0.123. The molecule has 0 atom stereocenters. The molecule has 7 nitrogen and oxygen atoms in total. The van der Waals surface area contributed by atoms with E-state index in [0.717, 1.165) is 26.7 Å². The largest absolute Gasteiger partial charge is 0.486 e. The third-order valence-electron chi connectivity index (χ3n) is 4.85. The zero-order chi connectivity index (χ0) is 25.1. The maximum atomic E-state index is 12.8. The highest BCUT2D eigenvalue weighted by Gasteiger charge is 2.36. The summed E-state index contributed by atoms with van der Waals surface area (Å²) in [5.74, 6) is -0.577. The zero-order valence-corrected chi connectivity index (χ0v) is 22.0. The van der Waals surface area contributed by atoms with E-state index in [0.29, 0.717) is 11.3 Å². The lowest BCUT2D eigenvalue weighted by atomic mass is 10.2. The lowest BCUT2D eigenvalue weighted by Crippen LogP contribution is -2.27. The summed E-state index contributed by atoms with van der Waals surface area (Å²) in [4.78, 5) is 38.0. The van der Waals surface area contributed by atoms with Crippen molar-refractivity contribution >= 4 is 74.1 Å². The van der Waals surface area contributed by atoms with E-state index < -0.39 is 17.1 Å². The highest BCUT2D eigenvalue weighted by atomic mass is 79.9. The van der Waals surface area contributed by atoms with Crippen LogP contribution in [0.1, 0.15) is 27.4 Å². The maximum absolute atomic E-state index is 12.8. The summed E-state index contributed by atoms with van der Waals surface area (Å²) in [5.41, 5.74) is 1.47. The number of methoxy groups -OCH3 is 1. The van der Waals surface area contributed by atoms with Gasteiger partial charge in [0.25, 0.3) is 11.1 Å². The van der Waals surface area contributed by atoms with Crippen molar-refractivity contribution in [3.63, 3.8) is 0 Å². The molecule has 0 saturated carbocycles. The van der Waals surface area contributed by atoms with Gasteiger partial charge in [0, 0.05) is 4.47 Å². The van der Waals surface area contributed by atoms with Gasteiger partial charge in [0.2, 0.25) is 5.76 Å². The molecule has 4 rings (SSSR count). The minimum absolute atomic E-state index is 0.0169. The number of rotatable bonds is 7. The van der Waals surface area contributed by atoms with Crippen molar-refractivity contribution < 1.29 is 28.3 Å². The number of carbonyl (C=O) groups is 3. The number of hydrogen-bond donors (Lipinski definition) is 0. The Morgan fingerprint density at radius 2 is 1.80 bits per heavy atom. The van der Waals surface area contributed by atoms with Gasteiger partial charge in [-0.15, -0.1) is 0 Å². The minimum atomic E-state index is -0.650. The van der Waals surface area contributed by atoms with Crippen LogP contribution < -0.4 is 4.74 Å². The summed E-state index contributed by atoms with van der Waals surface area (Å²) >= 11 is 16.9. The van der Waals surface area contributed by atoms with Crippen molar-refractivity contribution in [2.45, 2.75) is 13.2 Å². The molecule has 180 valence electrons. The quantitative estimate of drug-likeness (QED) is 0.215. The van der Waals surface area contributed by atoms with Crippen molar-refractivity contribution in [1.82, 2.24) is 4.90 Å². The Morgan fingerprint density at radius 1 is 1.11 bits per heavy atom. The van der Waals surface area contributed by atoms with Crippen LogP contribution in [0.3, 0.4) is 0 Å². The third kappa shape index (κ3) is 5.92. The summed E-state index contributed by atoms with van der Waals surface area (Å²) in [7, 11) is 1.23. The number of carbonyl (C=O) groups excluding carboxylic acids is 3. The number of amides is 2. The van der Waals surface area contributed by atoms with Gasteiger partial charge in [-0.2, -0.15) is 0 Å². The fourth-order valence-corrected chi connectivity index (χ4v) is 4.87. The molecule has 35 heavy (non-hydrogen) atoms. The van der Waals surface area contributed by atoms with Gasteiger partial charge in [0.15, 0.2) is 5.75 Å². The maximum Gasteiger partial charge on any atom is 0.373 e. The molecule has 0 bridgehead atoms. The molecule has 0 aliphatic carbocycles. The molecular weight excluding hydrogens is 581 g/mol. The number of thioether (sulfide) groups is 1. The molecule has 1 saturated heterocycles. The molecule has 0 unspecified atom stereocenters. The predicted molar refractivity (Wildman–Crippen MR) is 136 cm³/mol. The van der Waals surface area contributed by atoms with Gasteiger partial charge in [0.05, 0.1) is 28.6 Å². The lowest BCUT2D eigenvalue weighted by Gasteiger charge is -2.11. The Morgan fingerprint density at radius 3 is 2.46 bits per heavy atom. The van der Waals surface area contributed by atoms with E-state index in [1.54, 1.807) is 12.1 Å². The van der Waals surface area contributed by atoms with Crippen LogP contribution in [0.15, 0.2) is 62.3 Å². The van der Waals surface area contributed by atoms with E-state index in [1.807, 2.05) is 24.3 Å². The summed E-state index contributed by atoms with van der Waals surface area (Å²) in [5, 5.41) is 0.0703. The summed E-state index contributed by atoms with van der Waals surface area (Å²) in [6.45, 7) is 0.152. The van der Waals surface area contributed by atoms with Crippen molar-refractivity contribution in [3.8, 4) is 5.75 Å². The van der Waals surface area contributed by atoms with Crippen molar-refractivity contribution in [2.24, 2.45) is 0 Å². The van der Waals surface area contributed by atoms with Gasteiger partial charge in [-0.3, -0.25) is 14.5 Å². The van der Waals surface area contributed by atoms with E-state index >= 15 is 0 Å². The van der Waals surface area contributed by atoms with E-state index in [2.05, 4.69) is 20.7 Å². The Kier molecular flexibility index (Phi) is 7.91. The van der Waals surface area contributed by atoms with E-state index in [-0.39, 0.29) is 39.6 Å². The predicted octanol–water partition coefficient (Wildman–Crippen LogP) is 6.95. The molecule has 1 aliphatic heterocycles. The average molecular weight is 597 g/mol. The van der Waals surface area contributed by atoms with Gasteiger partial charge < -0.3 is 13.9 Å². The van der Waals surface area contributed by atoms with Crippen LogP contribution in [-0.2, 0) is 22.7 Å². The van der Waals surface area contributed by atoms with Gasteiger partial charge in [-0.25, -0.2) is 4.79 Å². The van der Waals surface area contributed by atoms with E-state index in [9.17, 15) is 14.4 Å². The molecule has 2 amide bonds. The van der Waals surface area contributed by atoms with Crippen LogP contribution in [0.4, 0.5) is 4.79 Å². The molecule has 2 heterocycles. The number of hydrogen-bond acceptors (Lipinski definition) is 7. The number of esters is 1. The molecule has 1 aliphatic rings. The number of ether oxygens (including phenoxy) is 2. The summed E-state index contributed by atoms with van der Waals surface area (Å²) in [6, 6.07) is 13.8. The Balaban J connectivity index is 1.47. The molecular formula is C24H16BrCl2NO6S. The first-order valence-corrected chi connectivity index (χ1v) is 12.4. The highest BCUT2D eigenvalue weighted by molar-refractivity contribution is 9.10. The number of nitrogens with zero attached hydrogens (tertiary/aromatic N) is 1. The topological polar surface area (TPSA) is 86.0 Å². The smallest absolute Gasteiger partial charge is 0.373 e. The molecule has 0 N–H and O–H groups in total. The van der Waals surface area contributed by atoms with Gasteiger partial charge in [-0.1, -0.05) is 51.3 Å². The van der Waals surface area contributed by atoms with Crippen LogP contribution in [-0.4, -0.2) is 29.1 Å². The second-order valence-electron chi connectivity index (χ2n) is 7.25. The van der Waals surface area contributed by atoms with Crippen LogP contribution in [0.25, 0.3) is 6.08 Å². The Labute approximate surface area is 223 Å². The second-order valence-corrected chi connectivity index (χ2v) is 9.98. The molecule has 1 aromatic heterocycles. The standard InChI is InChI=1S/C24H16BrCl2NO6S/c1-32-23(30)19-7-6-16(34-19)11-28-22(29)20(35-24(28)31)10-14-8-17(26)21(18(27)9-14)33-12-13-2-4-15(25)5-3-13/h2-10H,11-12H2,1H3/b20-10+. The van der Waals surface area contributed by atoms with Gasteiger partial charge in [0.1, 0.15) is 12.4 Å². The first-order chi connectivity index (χ1) is 16.7. The fraction of sp³-hybridized carbons (Fsp3) is 0.125. The summed E-state index contributed by atoms with van der Waals surface area (Å²) < 4.78 is 16.7. The average Bonchev–Trinajstić information content (AvgIpc) is 3.39. The molecule has 0 spiro atoms. The zero-order valence-electron chi connectivity index (χ0n) is 18.0. The molecule has 3 aromatic rings. The monoisotopic (exact) mass is 595 g/mol. The SMILES string of the molecule is COC(=O)c1ccc(CN2C(=O)S/C(=C/c3cc(Cl)c(OCc4ccc(Br)cc4)c(Cl)c3)C2=O)o1. The summed E-state index contributed by atoms with van der Waals surface area (Å²) in [6.07, 6.45) is 1.53. The first kappa shape index (κ1) is 25.4. The normalized spacial score (nSPS) is 14.6. The third-order valence-corrected chi connectivity index (χ3v) is 6.85. The van der Waals surface area contributed by atoms with Crippen molar-refractivity contribution in [2.75, 3.05) is 7.11 Å². The second kappa shape index (κ2) is 10.9. The number of benzene rings is 2. The first-order valence-electron chi connectivity index (χ1n) is 10.0.